The van der Waals surface area contributed by atoms with Gasteiger partial charge in [-0.2, -0.15) is 0 Å². The Labute approximate surface area is 139 Å². The zero-order valence-electron chi connectivity index (χ0n) is 14.1. The SMILES string of the molecule is CC1=CCC([C@H]2CCC[C@H](c3ccc(C)cc3)N2C(=N)N)C=C1. The van der Waals surface area contributed by atoms with Crippen molar-refractivity contribution in [3.05, 3.63) is 59.2 Å². The molecule has 0 radical (unpaired) electrons. The first-order valence-corrected chi connectivity index (χ1v) is 8.60. The molecule has 0 saturated carbocycles. The lowest BCUT2D eigenvalue weighted by atomic mass is 9.81. The largest absolute Gasteiger partial charge is 0.370 e. The molecular formula is C20H27N3. The van der Waals surface area contributed by atoms with Crippen LogP contribution in [0, 0.1) is 18.3 Å². The Morgan fingerprint density at radius 3 is 2.52 bits per heavy atom. The molecule has 2 aliphatic rings. The monoisotopic (exact) mass is 309 g/mol. The summed E-state index contributed by atoms with van der Waals surface area (Å²) in [5.74, 6) is 0.663. The molecule has 122 valence electrons. The van der Waals surface area contributed by atoms with E-state index in [4.69, 9.17) is 11.1 Å². The van der Waals surface area contributed by atoms with Crippen LogP contribution in [0.15, 0.2) is 48.1 Å². The van der Waals surface area contributed by atoms with E-state index in [9.17, 15) is 0 Å². The van der Waals surface area contributed by atoms with Gasteiger partial charge in [-0.3, -0.25) is 5.41 Å². The number of hydrogen-bond donors (Lipinski definition) is 2. The summed E-state index contributed by atoms with van der Waals surface area (Å²) in [6.07, 6.45) is 11.3. The van der Waals surface area contributed by atoms with Crippen molar-refractivity contribution < 1.29 is 0 Å². The standard InChI is InChI=1S/C20H27N3/c1-14-6-10-16(11-7-14)18-4-3-5-19(23(18)20(21)22)17-12-8-15(2)9-13-17/h6-12,17-19H,3-5,13H2,1-2H3,(H3,21,22)/t17?,18-,19-/m1/s1. The van der Waals surface area contributed by atoms with Gasteiger partial charge in [0.05, 0.1) is 6.04 Å². The van der Waals surface area contributed by atoms with E-state index >= 15 is 0 Å². The van der Waals surface area contributed by atoms with E-state index in [1.807, 2.05) is 0 Å². The van der Waals surface area contributed by atoms with Crippen LogP contribution in [-0.4, -0.2) is 16.9 Å². The summed E-state index contributed by atoms with van der Waals surface area (Å²) < 4.78 is 0. The molecule has 3 heteroatoms. The maximum absolute atomic E-state index is 8.16. The summed E-state index contributed by atoms with van der Waals surface area (Å²) in [7, 11) is 0. The molecule has 3 rings (SSSR count). The third-order valence-electron chi connectivity index (χ3n) is 5.22. The first kappa shape index (κ1) is 15.9. The zero-order chi connectivity index (χ0) is 16.4. The fourth-order valence-corrected chi connectivity index (χ4v) is 3.94. The Morgan fingerprint density at radius 1 is 1.17 bits per heavy atom. The number of hydrogen-bond acceptors (Lipinski definition) is 1. The highest BCUT2D eigenvalue weighted by Gasteiger charge is 2.36. The maximum atomic E-state index is 8.16. The van der Waals surface area contributed by atoms with E-state index in [0.717, 1.165) is 19.3 Å². The van der Waals surface area contributed by atoms with Crippen molar-refractivity contribution in [2.24, 2.45) is 11.7 Å². The second kappa shape index (κ2) is 6.61. The molecule has 3 N–H and O–H groups in total. The molecule has 3 nitrogen and oxygen atoms in total. The first-order chi connectivity index (χ1) is 11.1. The highest BCUT2D eigenvalue weighted by molar-refractivity contribution is 5.76. The second-order valence-corrected chi connectivity index (χ2v) is 6.92. The van der Waals surface area contributed by atoms with Crippen LogP contribution in [0.1, 0.15) is 49.8 Å². The quantitative estimate of drug-likeness (QED) is 0.632. The maximum Gasteiger partial charge on any atom is 0.189 e. The third kappa shape index (κ3) is 3.34. The topological polar surface area (TPSA) is 53.1 Å². The zero-order valence-corrected chi connectivity index (χ0v) is 14.1. The Hall–Kier alpha value is -2.03. The normalized spacial score (nSPS) is 27.7. The predicted octanol–water partition coefficient (Wildman–Crippen LogP) is 4.31. The highest BCUT2D eigenvalue weighted by atomic mass is 15.3. The summed E-state index contributed by atoms with van der Waals surface area (Å²) in [6.45, 7) is 4.25. The van der Waals surface area contributed by atoms with Crippen LogP contribution in [0.5, 0.6) is 0 Å². The van der Waals surface area contributed by atoms with Crippen LogP contribution in [0.3, 0.4) is 0 Å². The van der Waals surface area contributed by atoms with Gasteiger partial charge in [0, 0.05) is 12.0 Å². The number of rotatable bonds is 2. The summed E-state index contributed by atoms with van der Waals surface area (Å²) >= 11 is 0. The molecule has 0 aromatic heterocycles. The van der Waals surface area contributed by atoms with E-state index in [-0.39, 0.29) is 12.0 Å². The summed E-state index contributed by atoms with van der Waals surface area (Å²) in [4.78, 5) is 2.16. The number of likely N-dealkylation sites (tertiary alicyclic amines) is 1. The van der Waals surface area contributed by atoms with Gasteiger partial charge in [-0.1, -0.05) is 53.6 Å². The van der Waals surface area contributed by atoms with E-state index in [1.165, 1.54) is 23.1 Å². The van der Waals surface area contributed by atoms with Gasteiger partial charge in [0.2, 0.25) is 0 Å². The number of benzene rings is 1. The second-order valence-electron chi connectivity index (χ2n) is 6.92. The van der Waals surface area contributed by atoms with E-state index < -0.39 is 0 Å². The molecule has 1 aliphatic heterocycles. The smallest absolute Gasteiger partial charge is 0.189 e. The predicted molar refractivity (Wildman–Crippen MR) is 96.3 cm³/mol. The summed E-state index contributed by atoms with van der Waals surface area (Å²) in [5, 5.41) is 8.16. The van der Waals surface area contributed by atoms with Crippen LogP contribution < -0.4 is 5.73 Å². The molecule has 0 amide bonds. The molecule has 1 unspecified atom stereocenters. The first-order valence-electron chi connectivity index (χ1n) is 8.60. The Morgan fingerprint density at radius 2 is 1.91 bits per heavy atom. The van der Waals surface area contributed by atoms with E-state index in [1.54, 1.807) is 0 Å². The van der Waals surface area contributed by atoms with Crippen LogP contribution in [-0.2, 0) is 0 Å². The van der Waals surface area contributed by atoms with Gasteiger partial charge in [-0.05, 0) is 45.1 Å². The lowest BCUT2D eigenvalue weighted by Crippen LogP contribution is -2.51. The summed E-state index contributed by atoms with van der Waals surface area (Å²) in [5.41, 5.74) is 9.90. The van der Waals surface area contributed by atoms with Gasteiger partial charge in [0.15, 0.2) is 5.96 Å². The number of nitrogens with one attached hydrogen (secondary N) is 1. The molecule has 1 saturated heterocycles. The average molecular weight is 309 g/mol. The highest BCUT2D eigenvalue weighted by Crippen LogP contribution is 2.38. The summed E-state index contributed by atoms with van der Waals surface area (Å²) in [6, 6.07) is 9.26. The van der Waals surface area contributed by atoms with Gasteiger partial charge < -0.3 is 10.6 Å². The number of piperidine rings is 1. The average Bonchev–Trinajstić information content (AvgIpc) is 2.55. The van der Waals surface area contributed by atoms with Crippen LogP contribution >= 0.6 is 0 Å². The minimum atomic E-state index is 0.208. The van der Waals surface area contributed by atoms with E-state index in [0.29, 0.717) is 12.0 Å². The van der Waals surface area contributed by atoms with Crippen LogP contribution in [0.4, 0.5) is 0 Å². The minimum Gasteiger partial charge on any atom is -0.370 e. The molecule has 23 heavy (non-hydrogen) atoms. The molecule has 3 atom stereocenters. The van der Waals surface area contributed by atoms with Crippen molar-refractivity contribution in [1.82, 2.24) is 4.90 Å². The molecule has 0 bridgehead atoms. The molecule has 0 spiro atoms. The Kier molecular flexibility index (Phi) is 4.56. The molecule has 1 fully saturated rings. The van der Waals surface area contributed by atoms with E-state index in [2.05, 4.69) is 61.2 Å². The van der Waals surface area contributed by atoms with Gasteiger partial charge in [-0.15, -0.1) is 0 Å². The fraction of sp³-hybridized carbons (Fsp3) is 0.450. The van der Waals surface area contributed by atoms with Crippen LogP contribution in [0.25, 0.3) is 0 Å². The lowest BCUT2D eigenvalue weighted by molar-refractivity contribution is 0.131. The van der Waals surface area contributed by atoms with Gasteiger partial charge >= 0.3 is 0 Å². The number of aryl methyl sites for hydroxylation is 1. The number of nitrogens with two attached hydrogens (primary N) is 1. The van der Waals surface area contributed by atoms with Gasteiger partial charge in [0.25, 0.3) is 0 Å². The van der Waals surface area contributed by atoms with Crippen molar-refractivity contribution in [1.29, 1.82) is 5.41 Å². The van der Waals surface area contributed by atoms with Crippen molar-refractivity contribution in [2.75, 3.05) is 0 Å². The van der Waals surface area contributed by atoms with Crippen LogP contribution in [0.2, 0.25) is 0 Å². The number of guanidine groups is 1. The lowest BCUT2D eigenvalue weighted by Gasteiger charge is -2.46. The number of nitrogens with zero attached hydrogens (tertiary/aromatic N) is 1. The Balaban J connectivity index is 1.87. The molecule has 1 aliphatic carbocycles. The van der Waals surface area contributed by atoms with Gasteiger partial charge in [-0.25, -0.2) is 0 Å². The Bertz CT molecular complexity index is 627. The van der Waals surface area contributed by atoms with Gasteiger partial charge in [0.1, 0.15) is 0 Å². The van der Waals surface area contributed by atoms with Crippen molar-refractivity contribution in [3.63, 3.8) is 0 Å². The van der Waals surface area contributed by atoms with Crippen molar-refractivity contribution >= 4 is 5.96 Å². The fourth-order valence-electron chi connectivity index (χ4n) is 3.94. The minimum absolute atomic E-state index is 0.208. The number of allylic oxidation sites excluding steroid dienone is 3. The van der Waals surface area contributed by atoms with Crippen molar-refractivity contribution in [3.8, 4) is 0 Å². The molecular weight excluding hydrogens is 282 g/mol. The van der Waals surface area contributed by atoms with Crippen molar-refractivity contribution in [2.45, 2.75) is 51.6 Å². The molecule has 1 aromatic carbocycles. The third-order valence-corrected chi connectivity index (χ3v) is 5.22. The molecule has 1 aromatic rings. The molecule has 1 heterocycles.